The average molecular weight is 376 g/mol. The maximum atomic E-state index is 12.7. The lowest BCUT2D eigenvalue weighted by Crippen LogP contribution is -2.52. The van der Waals surface area contributed by atoms with Crippen LogP contribution in [0.3, 0.4) is 0 Å². The summed E-state index contributed by atoms with van der Waals surface area (Å²) in [5.41, 5.74) is 1.25. The van der Waals surface area contributed by atoms with Crippen molar-refractivity contribution < 1.29 is 14.7 Å². The van der Waals surface area contributed by atoms with Gasteiger partial charge in [0.25, 0.3) is 0 Å². The first-order valence-corrected chi connectivity index (χ1v) is 9.98. The van der Waals surface area contributed by atoms with Gasteiger partial charge in [-0.15, -0.1) is 0 Å². The Hall–Kier alpha value is -2.08. The van der Waals surface area contributed by atoms with E-state index in [1.165, 1.54) is 5.56 Å². The minimum absolute atomic E-state index is 0.155. The van der Waals surface area contributed by atoms with E-state index >= 15 is 0 Å². The molecule has 0 aliphatic carbocycles. The number of hydrogen-bond acceptors (Lipinski definition) is 3. The molecule has 2 N–H and O–H groups in total. The Morgan fingerprint density at radius 3 is 2.48 bits per heavy atom. The fourth-order valence-corrected chi connectivity index (χ4v) is 3.97. The van der Waals surface area contributed by atoms with Crippen LogP contribution in [0.4, 0.5) is 4.79 Å². The Morgan fingerprint density at radius 2 is 1.89 bits per heavy atom. The Morgan fingerprint density at radius 1 is 1.22 bits per heavy atom. The number of aliphatic carboxylic acids is 1. The third kappa shape index (κ3) is 6.24. The molecule has 0 bridgehead atoms. The molecular weight excluding hydrogens is 342 g/mol. The molecule has 0 spiro atoms. The van der Waals surface area contributed by atoms with Crippen molar-refractivity contribution >= 4 is 12.0 Å². The van der Waals surface area contributed by atoms with Crippen molar-refractivity contribution in [3.63, 3.8) is 0 Å². The van der Waals surface area contributed by atoms with Gasteiger partial charge in [0.15, 0.2) is 0 Å². The first kappa shape index (κ1) is 21.2. The quantitative estimate of drug-likeness (QED) is 0.733. The van der Waals surface area contributed by atoms with Crippen LogP contribution in [0.15, 0.2) is 30.3 Å². The number of carbonyl (C=O) groups excluding carboxylic acids is 1. The topological polar surface area (TPSA) is 72.9 Å². The number of carboxylic acids is 1. The number of nitrogens with zero attached hydrogens (tertiary/aromatic N) is 2. The standard InChI is InChI=1S/C21H33N3O3/c1-4-23(5-2)19(12-17-9-7-6-8-10-17)13-22-21(27)24-14-16(3)11-18(15-24)20(25)26/h6-10,16,18-19H,4-5,11-15H2,1-3H3,(H,22,27)(H,25,26). The highest BCUT2D eigenvalue weighted by Crippen LogP contribution is 2.21. The van der Waals surface area contributed by atoms with Gasteiger partial charge in [-0.2, -0.15) is 0 Å². The number of likely N-dealkylation sites (tertiary alicyclic amines) is 1. The van der Waals surface area contributed by atoms with Gasteiger partial charge in [-0.25, -0.2) is 4.79 Å². The number of urea groups is 1. The number of carboxylic acid groups (broad SMARTS) is 1. The number of amides is 2. The molecule has 3 unspecified atom stereocenters. The molecule has 3 atom stereocenters. The van der Waals surface area contributed by atoms with Crippen molar-refractivity contribution in [2.75, 3.05) is 32.7 Å². The van der Waals surface area contributed by atoms with Gasteiger partial charge in [-0.05, 0) is 37.4 Å². The Balaban J connectivity index is 1.98. The number of benzene rings is 1. The molecule has 2 amide bonds. The highest BCUT2D eigenvalue weighted by molar-refractivity contribution is 5.76. The van der Waals surface area contributed by atoms with E-state index in [-0.39, 0.29) is 18.0 Å². The molecule has 1 aliphatic rings. The summed E-state index contributed by atoms with van der Waals surface area (Å²) in [6.45, 7) is 9.57. The molecule has 6 nitrogen and oxygen atoms in total. The second-order valence-electron chi connectivity index (χ2n) is 7.53. The summed E-state index contributed by atoms with van der Waals surface area (Å²) in [6, 6.07) is 10.4. The molecule has 0 saturated carbocycles. The molecule has 1 saturated heterocycles. The van der Waals surface area contributed by atoms with E-state index in [1.807, 2.05) is 25.1 Å². The summed E-state index contributed by atoms with van der Waals surface area (Å²) < 4.78 is 0. The molecule has 2 rings (SSSR count). The Labute approximate surface area is 162 Å². The number of hydrogen-bond donors (Lipinski definition) is 2. The molecule has 27 heavy (non-hydrogen) atoms. The second-order valence-corrected chi connectivity index (χ2v) is 7.53. The number of carbonyl (C=O) groups is 2. The normalized spacial score (nSPS) is 21.1. The Kier molecular flexibility index (Phi) is 8.10. The van der Waals surface area contributed by atoms with Gasteiger partial charge in [0.05, 0.1) is 5.92 Å². The zero-order chi connectivity index (χ0) is 19.8. The molecule has 1 aromatic carbocycles. The molecule has 150 valence electrons. The van der Waals surface area contributed by atoms with Gasteiger partial charge in [-0.1, -0.05) is 51.1 Å². The van der Waals surface area contributed by atoms with E-state index < -0.39 is 11.9 Å². The van der Waals surface area contributed by atoms with Crippen molar-refractivity contribution in [1.82, 2.24) is 15.1 Å². The minimum Gasteiger partial charge on any atom is -0.481 e. The minimum atomic E-state index is -0.815. The van der Waals surface area contributed by atoms with E-state index in [9.17, 15) is 14.7 Å². The van der Waals surface area contributed by atoms with Gasteiger partial charge in [0, 0.05) is 25.7 Å². The molecule has 0 aromatic heterocycles. The van der Waals surface area contributed by atoms with Crippen LogP contribution in [-0.2, 0) is 11.2 Å². The summed E-state index contributed by atoms with van der Waals surface area (Å²) in [4.78, 5) is 28.0. The number of nitrogens with one attached hydrogen (secondary N) is 1. The molecule has 6 heteroatoms. The largest absolute Gasteiger partial charge is 0.481 e. The first-order chi connectivity index (χ1) is 12.9. The second kappa shape index (κ2) is 10.3. The van der Waals surface area contributed by atoms with Gasteiger partial charge < -0.3 is 15.3 Å². The smallest absolute Gasteiger partial charge is 0.317 e. The highest BCUT2D eigenvalue weighted by atomic mass is 16.4. The van der Waals surface area contributed by atoms with Crippen LogP contribution < -0.4 is 5.32 Å². The van der Waals surface area contributed by atoms with E-state index in [0.29, 0.717) is 26.1 Å². The predicted octanol–water partition coefficient (Wildman–Crippen LogP) is 2.69. The highest BCUT2D eigenvalue weighted by Gasteiger charge is 2.32. The fourth-order valence-electron chi connectivity index (χ4n) is 3.97. The third-order valence-electron chi connectivity index (χ3n) is 5.43. The molecule has 1 heterocycles. The van der Waals surface area contributed by atoms with Crippen LogP contribution >= 0.6 is 0 Å². The summed E-state index contributed by atoms with van der Waals surface area (Å²) in [6.07, 6.45) is 1.51. The van der Waals surface area contributed by atoms with Gasteiger partial charge in [0.1, 0.15) is 0 Å². The third-order valence-corrected chi connectivity index (χ3v) is 5.43. The molecular formula is C21H33N3O3. The van der Waals surface area contributed by atoms with Gasteiger partial charge >= 0.3 is 12.0 Å². The van der Waals surface area contributed by atoms with Crippen molar-refractivity contribution in [2.24, 2.45) is 11.8 Å². The number of piperidine rings is 1. The number of rotatable bonds is 8. The lowest BCUT2D eigenvalue weighted by Gasteiger charge is -2.36. The van der Waals surface area contributed by atoms with Crippen LogP contribution in [0.1, 0.15) is 32.8 Å². The van der Waals surface area contributed by atoms with Crippen molar-refractivity contribution in [1.29, 1.82) is 0 Å². The maximum absolute atomic E-state index is 12.7. The van der Waals surface area contributed by atoms with Crippen LogP contribution in [0.2, 0.25) is 0 Å². The molecule has 1 aromatic rings. The van der Waals surface area contributed by atoms with E-state index in [0.717, 1.165) is 19.5 Å². The van der Waals surface area contributed by atoms with Crippen LogP contribution in [-0.4, -0.2) is 65.7 Å². The lowest BCUT2D eigenvalue weighted by atomic mass is 9.91. The van der Waals surface area contributed by atoms with Gasteiger partial charge in [0.2, 0.25) is 0 Å². The molecule has 1 fully saturated rings. The van der Waals surface area contributed by atoms with E-state index in [2.05, 4.69) is 36.2 Å². The SMILES string of the molecule is CCN(CC)C(CNC(=O)N1CC(C)CC(C(=O)O)C1)Cc1ccccc1. The summed E-state index contributed by atoms with van der Waals surface area (Å²) in [7, 11) is 0. The Bertz CT molecular complexity index is 604. The zero-order valence-corrected chi connectivity index (χ0v) is 16.7. The van der Waals surface area contributed by atoms with Crippen molar-refractivity contribution in [3.05, 3.63) is 35.9 Å². The first-order valence-electron chi connectivity index (χ1n) is 9.98. The maximum Gasteiger partial charge on any atom is 0.317 e. The van der Waals surface area contributed by atoms with E-state index in [4.69, 9.17) is 0 Å². The fraction of sp³-hybridized carbons (Fsp3) is 0.619. The van der Waals surface area contributed by atoms with Gasteiger partial charge in [-0.3, -0.25) is 9.69 Å². The summed E-state index contributed by atoms with van der Waals surface area (Å²) in [5, 5.41) is 12.4. The van der Waals surface area contributed by atoms with Crippen molar-refractivity contribution in [2.45, 2.75) is 39.7 Å². The zero-order valence-electron chi connectivity index (χ0n) is 16.7. The number of likely N-dealkylation sites (N-methyl/N-ethyl adjacent to an activating group) is 1. The van der Waals surface area contributed by atoms with E-state index in [1.54, 1.807) is 4.90 Å². The lowest BCUT2D eigenvalue weighted by molar-refractivity contribution is -0.143. The predicted molar refractivity (Wildman–Crippen MR) is 107 cm³/mol. The van der Waals surface area contributed by atoms with Crippen LogP contribution in [0.5, 0.6) is 0 Å². The van der Waals surface area contributed by atoms with Crippen molar-refractivity contribution in [3.8, 4) is 0 Å². The van der Waals surface area contributed by atoms with Crippen LogP contribution in [0, 0.1) is 11.8 Å². The molecule has 1 aliphatic heterocycles. The van der Waals surface area contributed by atoms with Crippen LogP contribution in [0.25, 0.3) is 0 Å². The summed E-state index contributed by atoms with van der Waals surface area (Å²) >= 11 is 0. The average Bonchev–Trinajstić information content (AvgIpc) is 2.66. The molecule has 0 radical (unpaired) electrons. The monoisotopic (exact) mass is 375 g/mol. The summed E-state index contributed by atoms with van der Waals surface area (Å²) in [5.74, 6) is -1.08.